The molecule has 0 aromatic heterocycles. The predicted molar refractivity (Wildman–Crippen MR) is 50.2 cm³/mol. The molecule has 15 heavy (non-hydrogen) atoms. The number of carboxylic acids is 1. The molecule has 2 atom stereocenters. The number of hydrogen-bond acceptors (Lipinski definition) is 4. The van der Waals surface area contributed by atoms with Crippen molar-refractivity contribution in [3.8, 4) is 0 Å². The lowest BCUT2D eigenvalue weighted by molar-refractivity contribution is -0.132. The van der Waals surface area contributed by atoms with Crippen LogP contribution in [0.5, 0.6) is 0 Å². The minimum absolute atomic E-state index is 0.168. The van der Waals surface area contributed by atoms with E-state index in [1.165, 1.54) is 12.0 Å². The minimum Gasteiger partial charge on any atom is -0.478 e. The SMILES string of the molecule is CO[C@H]1CN(C(=O)/C=C/C(=O)O)C[C@H]1O. The first-order chi connectivity index (χ1) is 7.04. The molecule has 0 aliphatic carbocycles. The Morgan fingerprint density at radius 1 is 1.40 bits per heavy atom. The molecule has 0 radical (unpaired) electrons. The highest BCUT2D eigenvalue weighted by atomic mass is 16.5. The molecule has 1 fully saturated rings. The first-order valence-electron chi connectivity index (χ1n) is 4.45. The van der Waals surface area contributed by atoms with Gasteiger partial charge >= 0.3 is 5.97 Å². The van der Waals surface area contributed by atoms with Crippen LogP contribution in [-0.4, -0.2) is 59.4 Å². The summed E-state index contributed by atoms with van der Waals surface area (Å²) in [5.74, 6) is -1.61. The lowest BCUT2D eigenvalue weighted by atomic mass is 10.3. The van der Waals surface area contributed by atoms with Gasteiger partial charge in [0.2, 0.25) is 5.91 Å². The van der Waals surface area contributed by atoms with Crippen molar-refractivity contribution in [3.63, 3.8) is 0 Å². The number of carboxylic acid groups (broad SMARTS) is 1. The minimum atomic E-state index is -1.17. The van der Waals surface area contributed by atoms with Crippen LogP contribution in [0.1, 0.15) is 0 Å². The second-order valence-corrected chi connectivity index (χ2v) is 3.26. The first kappa shape index (κ1) is 11.7. The number of aliphatic hydroxyl groups is 1. The van der Waals surface area contributed by atoms with Crippen LogP contribution >= 0.6 is 0 Å². The highest BCUT2D eigenvalue weighted by Crippen LogP contribution is 2.13. The van der Waals surface area contributed by atoms with Gasteiger partial charge in [0.25, 0.3) is 0 Å². The van der Waals surface area contributed by atoms with E-state index in [0.717, 1.165) is 12.2 Å². The van der Waals surface area contributed by atoms with Crippen molar-refractivity contribution >= 4 is 11.9 Å². The monoisotopic (exact) mass is 215 g/mol. The molecule has 6 heteroatoms. The third-order valence-corrected chi connectivity index (χ3v) is 2.22. The van der Waals surface area contributed by atoms with Crippen LogP contribution in [0.4, 0.5) is 0 Å². The van der Waals surface area contributed by atoms with E-state index in [2.05, 4.69) is 0 Å². The van der Waals surface area contributed by atoms with Gasteiger partial charge in [-0.1, -0.05) is 0 Å². The van der Waals surface area contributed by atoms with Crippen molar-refractivity contribution in [2.45, 2.75) is 12.2 Å². The number of carbonyl (C=O) groups excluding carboxylic acids is 1. The van der Waals surface area contributed by atoms with Crippen LogP contribution in [0, 0.1) is 0 Å². The molecule has 0 unspecified atom stereocenters. The van der Waals surface area contributed by atoms with Gasteiger partial charge < -0.3 is 19.8 Å². The van der Waals surface area contributed by atoms with Gasteiger partial charge in [0.1, 0.15) is 6.10 Å². The van der Waals surface area contributed by atoms with Gasteiger partial charge in [-0.05, 0) is 0 Å². The first-order valence-corrected chi connectivity index (χ1v) is 4.45. The number of rotatable bonds is 3. The van der Waals surface area contributed by atoms with Crippen molar-refractivity contribution in [2.24, 2.45) is 0 Å². The Morgan fingerprint density at radius 2 is 2.07 bits per heavy atom. The van der Waals surface area contributed by atoms with Crippen molar-refractivity contribution in [1.29, 1.82) is 0 Å². The van der Waals surface area contributed by atoms with E-state index in [4.69, 9.17) is 9.84 Å². The standard InChI is InChI=1S/C9H13NO5/c1-15-7-5-10(4-6(7)11)8(12)2-3-9(13)14/h2-3,6-7,11H,4-5H2,1H3,(H,13,14)/b3-2+/t6-,7+/m1/s1. The zero-order valence-electron chi connectivity index (χ0n) is 8.29. The molecule has 0 saturated carbocycles. The van der Waals surface area contributed by atoms with E-state index in [1.807, 2.05) is 0 Å². The third-order valence-electron chi connectivity index (χ3n) is 2.22. The van der Waals surface area contributed by atoms with Gasteiger partial charge in [-0.2, -0.15) is 0 Å². The molecule has 1 aliphatic heterocycles. The van der Waals surface area contributed by atoms with Gasteiger partial charge in [-0.3, -0.25) is 4.79 Å². The van der Waals surface area contributed by atoms with Crippen LogP contribution < -0.4 is 0 Å². The second kappa shape index (κ2) is 4.90. The predicted octanol–water partition coefficient (Wildman–Crippen LogP) is -1.15. The Balaban J connectivity index is 2.53. The molecule has 1 aliphatic rings. The van der Waals surface area contributed by atoms with Crippen molar-refractivity contribution in [1.82, 2.24) is 4.90 Å². The maximum absolute atomic E-state index is 11.4. The number of methoxy groups -OCH3 is 1. The van der Waals surface area contributed by atoms with Crippen molar-refractivity contribution in [2.75, 3.05) is 20.2 Å². The van der Waals surface area contributed by atoms with Crippen LogP contribution in [0.3, 0.4) is 0 Å². The second-order valence-electron chi connectivity index (χ2n) is 3.26. The summed E-state index contributed by atoms with van der Waals surface area (Å²) in [7, 11) is 1.45. The molecule has 0 aromatic rings. The molecule has 0 bridgehead atoms. The number of amides is 1. The Bertz CT molecular complexity index is 288. The summed E-state index contributed by atoms with van der Waals surface area (Å²) >= 11 is 0. The van der Waals surface area contributed by atoms with Gasteiger partial charge in [-0.25, -0.2) is 4.79 Å². The highest BCUT2D eigenvalue weighted by Gasteiger charge is 2.33. The molecule has 1 saturated heterocycles. The zero-order valence-corrected chi connectivity index (χ0v) is 8.29. The normalized spacial score (nSPS) is 26.1. The molecule has 1 heterocycles. The fraction of sp³-hybridized carbons (Fsp3) is 0.556. The lowest BCUT2D eigenvalue weighted by Gasteiger charge is -2.12. The van der Waals surface area contributed by atoms with E-state index in [0.29, 0.717) is 0 Å². The maximum atomic E-state index is 11.4. The number of β-amino-alcohol motifs (C(OH)–C–C–N with tert-alkyl or cyclic N) is 1. The number of aliphatic carboxylic acids is 1. The number of hydrogen-bond donors (Lipinski definition) is 2. The van der Waals surface area contributed by atoms with Gasteiger partial charge in [0.05, 0.1) is 6.10 Å². The molecular formula is C9H13NO5. The molecule has 84 valence electrons. The number of likely N-dealkylation sites (tertiary alicyclic amines) is 1. The topological polar surface area (TPSA) is 87.1 Å². The number of nitrogens with zero attached hydrogens (tertiary/aromatic N) is 1. The number of aliphatic hydroxyl groups excluding tert-OH is 1. The Kier molecular flexibility index (Phi) is 3.81. The van der Waals surface area contributed by atoms with E-state index < -0.39 is 24.1 Å². The Morgan fingerprint density at radius 3 is 2.53 bits per heavy atom. The van der Waals surface area contributed by atoms with Gasteiger partial charge in [-0.15, -0.1) is 0 Å². The average Bonchev–Trinajstić information content (AvgIpc) is 2.56. The van der Waals surface area contributed by atoms with Crippen LogP contribution in [0.2, 0.25) is 0 Å². The Labute approximate surface area is 86.7 Å². The van der Waals surface area contributed by atoms with E-state index >= 15 is 0 Å². The van der Waals surface area contributed by atoms with Crippen molar-refractivity contribution < 1.29 is 24.5 Å². The highest BCUT2D eigenvalue weighted by molar-refractivity contribution is 5.94. The lowest BCUT2D eigenvalue weighted by Crippen LogP contribution is -2.28. The summed E-state index contributed by atoms with van der Waals surface area (Å²) in [5, 5.41) is 17.8. The van der Waals surface area contributed by atoms with Crippen LogP contribution in [0.15, 0.2) is 12.2 Å². The summed E-state index contributed by atoms with van der Waals surface area (Å²) in [6, 6.07) is 0. The maximum Gasteiger partial charge on any atom is 0.328 e. The molecule has 6 nitrogen and oxygen atoms in total. The number of ether oxygens (including phenoxy) is 1. The van der Waals surface area contributed by atoms with E-state index in [-0.39, 0.29) is 13.1 Å². The summed E-state index contributed by atoms with van der Waals surface area (Å²) in [6.07, 6.45) is 0.631. The molecule has 0 spiro atoms. The summed E-state index contributed by atoms with van der Waals surface area (Å²) in [6.45, 7) is 0.446. The summed E-state index contributed by atoms with van der Waals surface area (Å²) < 4.78 is 4.95. The van der Waals surface area contributed by atoms with E-state index in [1.54, 1.807) is 0 Å². The summed E-state index contributed by atoms with van der Waals surface area (Å²) in [4.78, 5) is 22.9. The van der Waals surface area contributed by atoms with Gasteiger partial charge in [0, 0.05) is 32.4 Å². The molecule has 1 amide bonds. The largest absolute Gasteiger partial charge is 0.478 e. The summed E-state index contributed by atoms with van der Waals surface area (Å²) in [5.41, 5.74) is 0. The quantitative estimate of drug-likeness (QED) is 0.580. The van der Waals surface area contributed by atoms with Gasteiger partial charge in [0.15, 0.2) is 0 Å². The molecule has 2 N–H and O–H groups in total. The fourth-order valence-electron chi connectivity index (χ4n) is 1.42. The fourth-order valence-corrected chi connectivity index (χ4v) is 1.42. The smallest absolute Gasteiger partial charge is 0.328 e. The van der Waals surface area contributed by atoms with Crippen molar-refractivity contribution in [3.05, 3.63) is 12.2 Å². The van der Waals surface area contributed by atoms with Crippen LogP contribution in [0.25, 0.3) is 0 Å². The molecule has 1 rings (SSSR count). The number of carbonyl (C=O) groups is 2. The van der Waals surface area contributed by atoms with Crippen LogP contribution in [-0.2, 0) is 14.3 Å². The average molecular weight is 215 g/mol. The third kappa shape index (κ3) is 3.03. The molecule has 0 aromatic carbocycles. The van der Waals surface area contributed by atoms with E-state index in [9.17, 15) is 14.7 Å². The molecular weight excluding hydrogens is 202 g/mol. The Hall–Kier alpha value is -1.40. The zero-order chi connectivity index (χ0) is 11.4.